The first-order chi connectivity index (χ1) is 6.41. The molecule has 0 aromatic carbocycles. The molecule has 0 heterocycles. The number of ether oxygens (including phenoxy) is 1. The molecular formula is C12H20O2. The summed E-state index contributed by atoms with van der Waals surface area (Å²) in [6, 6.07) is 0. The van der Waals surface area contributed by atoms with E-state index in [0.717, 1.165) is 12.2 Å². The van der Waals surface area contributed by atoms with Gasteiger partial charge in [0.2, 0.25) is 0 Å². The predicted molar refractivity (Wildman–Crippen MR) is 58.7 cm³/mol. The number of carbonyl (C=O) groups is 1. The van der Waals surface area contributed by atoms with Crippen molar-refractivity contribution >= 4 is 5.97 Å². The highest BCUT2D eigenvalue weighted by molar-refractivity contribution is 5.70. The highest BCUT2D eigenvalue weighted by Crippen LogP contribution is 2.26. The van der Waals surface area contributed by atoms with Gasteiger partial charge in [-0.2, -0.15) is 0 Å². The van der Waals surface area contributed by atoms with Crippen molar-refractivity contribution in [2.45, 2.75) is 40.5 Å². The van der Waals surface area contributed by atoms with Crippen molar-refractivity contribution < 1.29 is 9.53 Å². The number of rotatable bonds is 4. The van der Waals surface area contributed by atoms with Crippen molar-refractivity contribution in [2.24, 2.45) is 5.41 Å². The minimum absolute atomic E-state index is 0.131. The predicted octanol–water partition coefficient (Wildman–Crippen LogP) is 3.45. The van der Waals surface area contributed by atoms with Gasteiger partial charge in [0.25, 0.3) is 0 Å². The van der Waals surface area contributed by atoms with Crippen LogP contribution in [-0.4, -0.2) is 5.97 Å². The molecule has 0 fully saturated rings. The molecule has 0 unspecified atom stereocenters. The standard InChI is InChI=1S/C12H20O2/c1-6-8-9-10(12(3,4)5)14-11(13)7-2/h6,9H,1,7-8H2,2-5H3. The Hall–Kier alpha value is -1.05. The largest absolute Gasteiger partial charge is 0.431 e. The zero-order valence-electron chi connectivity index (χ0n) is 9.59. The molecule has 0 saturated heterocycles. The van der Waals surface area contributed by atoms with Crippen LogP contribution in [0.2, 0.25) is 0 Å². The quantitative estimate of drug-likeness (QED) is 0.391. The van der Waals surface area contributed by atoms with E-state index < -0.39 is 0 Å². The van der Waals surface area contributed by atoms with Gasteiger partial charge in [-0.25, -0.2) is 0 Å². The topological polar surface area (TPSA) is 26.3 Å². The molecule has 0 saturated carbocycles. The fourth-order valence-corrected chi connectivity index (χ4v) is 0.886. The van der Waals surface area contributed by atoms with Gasteiger partial charge in [-0.3, -0.25) is 4.79 Å². The summed E-state index contributed by atoms with van der Waals surface area (Å²) in [6.45, 7) is 11.5. The molecule has 2 nitrogen and oxygen atoms in total. The van der Waals surface area contributed by atoms with Gasteiger partial charge in [0, 0.05) is 11.8 Å². The van der Waals surface area contributed by atoms with Gasteiger partial charge < -0.3 is 4.74 Å². The lowest BCUT2D eigenvalue weighted by Gasteiger charge is -2.22. The van der Waals surface area contributed by atoms with Crippen LogP contribution in [0, 0.1) is 5.41 Å². The summed E-state index contributed by atoms with van der Waals surface area (Å²) in [5.41, 5.74) is -0.131. The van der Waals surface area contributed by atoms with Gasteiger partial charge in [0.15, 0.2) is 0 Å². The number of allylic oxidation sites excluding steroid dienone is 3. The van der Waals surface area contributed by atoms with Crippen molar-refractivity contribution in [2.75, 3.05) is 0 Å². The Kier molecular flexibility index (Phi) is 5.21. The fourth-order valence-electron chi connectivity index (χ4n) is 0.886. The Morgan fingerprint density at radius 1 is 1.43 bits per heavy atom. The van der Waals surface area contributed by atoms with Gasteiger partial charge in [-0.15, -0.1) is 6.58 Å². The van der Waals surface area contributed by atoms with Crippen LogP contribution in [0.25, 0.3) is 0 Å². The molecule has 80 valence electrons. The van der Waals surface area contributed by atoms with Crippen LogP contribution in [0.3, 0.4) is 0 Å². The van der Waals surface area contributed by atoms with Crippen LogP contribution in [-0.2, 0) is 9.53 Å². The van der Waals surface area contributed by atoms with E-state index >= 15 is 0 Å². The molecule has 0 spiro atoms. The van der Waals surface area contributed by atoms with E-state index in [1.807, 2.05) is 26.8 Å². The Morgan fingerprint density at radius 3 is 2.36 bits per heavy atom. The molecule has 0 N–H and O–H groups in total. The Labute approximate surface area is 86.6 Å². The average molecular weight is 196 g/mol. The van der Waals surface area contributed by atoms with Crippen LogP contribution in [0.4, 0.5) is 0 Å². The van der Waals surface area contributed by atoms with Crippen molar-refractivity contribution in [1.29, 1.82) is 0 Å². The maximum Gasteiger partial charge on any atom is 0.310 e. The van der Waals surface area contributed by atoms with Gasteiger partial charge in [0.1, 0.15) is 5.76 Å². The normalized spacial score (nSPS) is 12.4. The summed E-state index contributed by atoms with van der Waals surface area (Å²) in [5, 5.41) is 0. The van der Waals surface area contributed by atoms with E-state index in [1.54, 1.807) is 13.0 Å². The smallest absolute Gasteiger partial charge is 0.310 e. The third-order valence-electron chi connectivity index (χ3n) is 1.72. The summed E-state index contributed by atoms with van der Waals surface area (Å²) >= 11 is 0. The van der Waals surface area contributed by atoms with E-state index in [2.05, 4.69) is 6.58 Å². The summed E-state index contributed by atoms with van der Waals surface area (Å²) in [6.07, 6.45) is 4.82. The minimum Gasteiger partial charge on any atom is -0.431 e. The van der Waals surface area contributed by atoms with E-state index in [0.29, 0.717) is 6.42 Å². The number of carbonyl (C=O) groups excluding carboxylic acids is 1. The minimum atomic E-state index is -0.185. The molecule has 0 aliphatic heterocycles. The van der Waals surface area contributed by atoms with Crippen LogP contribution >= 0.6 is 0 Å². The van der Waals surface area contributed by atoms with Crippen molar-refractivity contribution in [3.63, 3.8) is 0 Å². The molecule has 0 radical (unpaired) electrons. The first-order valence-corrected chi connectivity index (χ1v) is 4.94. The Morgan fingerprint density at radius 2 is 2.00 bits per heavy atom. The van der Waals surface area contributed by atoms with Gasteiger partial charge >= 0.3 is 5.97 Å². The zero-order valence-corrected chi connectivity index (χ0v) is 9.59. The van der Waals surface area contributed by atoms with Gasteiger partial charge in [-0.05, 0) is 12.5 Å². The highest BCUT2D eigenvalue weighted by Gasteiger charge is 2.20. The Balaban J connectivity index is 4.57. The van der Waals surface area contributed by atoms with E-state index in [4.69, 9.17) is 4.74 Å². The summed E-state index contributed by atoms with van der Waals surface area (Å²) in [7, 11) is 0. The van der Waals surface area contributed by atoms with E-state index in [-0.39, 0.29) is 11.4 Å². The van der Waals surface area contributed by atoms with Crippen molar-refractivity contribution in [3.05, 3.63) is 24.5 Å². The highest BCUT2D eigenvalue weighted by atomic mass is 16.5. The maximum absolute atomic E-state index is 11.1. The maximum atomic E-state index is 11.1. The second-order valence-electron chi connectivity index (χ2n) is 4.17. The molecule has 0 aromatic rings. The van der Waals surface area contributed by atoms with Gasteiger partial charge in [-0.1, -0.05) is 33.8 Å². The van der Waals surface area contributed by atoms with E-state index in [9.17, 15) is 4.79 Å². The first kappa shape index (κ1) is 12.9. The van der Waals surface area contributed by atoms with E-state index in [1.165, 1.54) is 0 Å². The zero-order chi connectivity index (χ0) is 11.2. The second kappa shape index (κ2) is 5.63. The fraction of sp³-hybridized carbons (Fsp3) is 0.583. The first-order valence-electron chi connectivity index (χ1n) is 4.94. The summed E-state index contributed by atoms with van der Waals surface area (Å²) in [5.74, 6) is 0.541. The van der Waals surface area contributed by atoms with Crippen molar-refractivity contribution in [3.8, 4) is 0 Å². The molecule has 14 heavy (non-hydrogen) atoms. The number of hydrogen-bond donors (Lipinski definition) is 0. The molecule has 0 atom stereocenters. The number of hydrogen-bond acceptors (Lipinski definition) is 2. The third kappa shape index (κ3) is 4.85. The van der Waals surface area contributed by atoms with Crippen LogP contribution in [0.15, 0.2) is 24.5 Å². The third-order valence-corrected chi connectivity index (χ3v) is 1.72. The van der Waals surface area contributed by atoms with Crippen LogP contribution < -0.4 is 0 Å². The lowest BCUT2D eigenvalue weighted by molar-refractivity contribution is -0.140. The average Bonchev–Trinajstić information content (AvgIpc) is 2.09. The molecule has 0 bridgehead atoms. The van der Waals surface area contributed by atoms with Crippen LogP contribution in [0.5, 0.6) is 0 Å². The van der Waals surface area contributed by atoms with Crippen LogP contribution in [0.1, 0.15) is 40.5 Å². The molecule has 0 aliphatic carbocycles. The molecule has 0 aliphatic rings. The Bertz CT molecular complexity index is 231. The number of esters is 1. The lowest BCUT2D eigenvalue weighted by atomic mass is 9.93. The molecular weight excluding hydrogens is 176 g/mol. The second-order valence-corrected chi connectivity index (χ2v) is 4.17. The molecule has 0 amide bonds. The SMILES string of the molecule is C=CCC=C(OC(=O)CC)C(C)(C)C. The monoisotopic (exact) mass is 196 g/mol. The van der Waals surface area contributed by atoms with Crippen molar-refractivity contribution in [1.82, 2.24) is 0 Å². The lowest BCUT2D eigenvalue weighted by Crippen LogP contribution is -2.15. The van der Waals surface area contributed by atoms with Gasteiger partial charge in [0.05, 0.1) is 0 Å². The molecule has 0 rings (SSSR count). The molecule has 0 aromatic heterocycles. The molecule has 2 heteroatoms. The summed E-state index contributed by atoms with van der Waals surface area (Å²) in [4.78, 5) is 11.1. The summed E-state index contributed by atoms with van der Waals surface area (Å²) < 4.78 is 5.24.